The molecule has 0 aliphatic heterocycles. The highest BCUT2D eigenvalue weighted by atomic mass is 32.1. The average molecular weight is 413 g/mol. The standard InChI is InChI=1S/C22H24N2O4S/c1-4-27-20(26)14-24-18-13-15(2)12-16(3)21(18)29-22(24)23-19(25)10-11-28-17-8-6-5-7-9-17/h5-9,12-13H,4,10-11,14H2,1-3H3. The summed E-state index contributed by atoms with van der Waals surface area (Å²) in [6.45, 7) is 6.35. The first-order chi connectivity index (χ1) is 14.0. The molecule has 0 fully saturated rings. The molecule has 0 atom stereocenters. The van der Waals surface area contributed by atoms with Gasteiger partial charge in [0.1, 0.15) is 12.3 Å². The first-order valence-electron chi connectivity index (χ1n) is 9.49. The van der Waals surface area contributed by atoms with Crippen molar-refractivity contribution in [3.8, 4) is 5.75 Å². The predicted octanol–water partition coefficient (Wildman–Crippen LogP) is 3.78. The topological polar surface area (TPSA) is 69.9 Å². The first kappa shape index (κ1) is 20.8. The van der Waals surface area contributed by atoms with E-state index in [1.54, 1.807) is 11.5 Å². The van der Waals surface area contributed by atoms with Gasteiger partial charge in [-0.25, -0.2) is 0 Å². The van der Waals surface area contributed by atoms with Crippen LogP contribution < -0.4 is 9.54 Å². The van der Waals surface area contributed by atoms with E-state index in [2.05, 4.69) is 11.1 Å². The highest BCUT2D eigenvalue weighted by Gasteiger charge is 2.14. The van der Waals surface area contributed by atoms with E-state index in [1.807, 2.05) is 50.2 Å². The van der Waals surface area contributed by atoms with Gasteiger partial charge in [0.25, 0.3) is 5.91 Å². The van der Waals surface area contributed by atoms with Crippen molar-refractivity contribution < 1.29 is 19.1 Å². The molecule has 7 heteroatoms. The number of para-hydroxylation sites is 1. The Bertz CT molecular complexity index is 1080. The summed E-state index contributed by atoms with van der Waals surface area (Å²) in [4.78, 5) is 29.3. The number of benzene rings is 2. The maximum atomic E-state index is 12.4. The van der Waals surface area contributed by atoms with Gasteiger partial charge in [-0.3, -0.25) is 9.59 Å². The molecular formula is C22H24N2O4S. The Morgan fingerprint density at radius 1 is 1.14 bits per heavy atom. The average Bonchev–Trinajstić information content (AvgIpc) is 3.00. The van der Waals surface area contributed by atoms with Crippen LogP contribution in [0.2, 0.25) is 0 Å². The van der Waals surface area contributed by atoms with Gasteiger partial charge in [0.15, 0.2) is 4.80 Å². The van der Waals surface area contributed by atoms with Crippen LogP contribution in [0.5, 0.6) is 5.75 Å². The minimum Gasteiger partial charge on any atom is -0.493 e. The second-order valence-corrected chi connectivity index (χ2v) is 7.60. The number of esters is 1. The Labute approximate surface area is 173 Å². The van der Waals surface area contributed by atoms with Crippen molar-refractivity contribution in [2.24, 2.45) is 4.99 Å². The monoisotopic (exact) mass is 412 g/mol. The number of hydrogen-bond acceptors (Lipinski definition) is 5. The normalized spacial score (nSPS) is 11.6. The molecule has 3 aromatic rings. The molecule has 0 aliphatic rings. The van der Waals surface area contributed by atoms with Crippen molar-refractivity contribution in [2.75, 3.05) is 13.2 Å². The molecule has 29 heavy (non-hydrogen) atoms. The Morgan fingerprint density at radius 2 is 1.90 bits per heavy atom. The fourth-order valence-corrected chi connectivity index (χ4v) is 4.12. The van der Waals surface area contributed by atoms with Crippen molar-refractivity contribution in [2.45, 2.75) is 33.7 Å². The predicted molar refractivity (Wildman–Crippen MR) is 113 cm³/mol. The van der Waals surface area contributed by atoms with E-state index >= 15 is 0 Å². The zero-order valence-electron chi connectivity index (χ0n) is 16.8. The molecule has 0 spiro atoms. The molecule has 0 N–H and O–H groups in total. The fourth-order valence-electron chi connectivity index (χ4n) is 3.02. The summed E-state index contributed by atoms with van der Waals surface area (Å²) in [6.07, 6.45) is 0.153. The van der Waals surface area contributed by atoms with Crippen molar-refractivity contribution >= 4 is 33.4 Å². The lowest BCUT2D eigenvalue weighted by Gasteiger charge is -2.06. The third-order valence-corrected chi connectivity index (χ3v) is 5.48. The lowest BCUT2D eigenvalue weighted by molar-refractivity contribution is -0.143. The van der Waals surface area contributed by atoms with E-state index in [0.29, 0.717) is 17.2 Å². The maximum Gasteiger partial charge on any atom is 0.326 e. The fraction of sp³-hybridized carbons (Fsp3) is 0.318. The molecular weight excluding hydrogens is 388 g/mol. The molecule has 1 amide bonds. The molecule has 1 aromatic heterocycles. The van der Waals surface area contributed by atoms with E-state index < -0.39 is 0 Å². The third-order valence-electron chi connectivity index (χ3n) is 4.26. The van der Waals surface area contributed by atoms with Crippen LogP contribution in [-0.2, 0) is 20.9 Å². The summed E-state index contributed by atoms with van der Waals surface area (Å²) in [5, 5.41) is 0. The number of rotatable bonds is 7. The molecule has 3 rings (SSSR count). The number of hydrogen-bond donors (Lipinski definition) is 0. The van der Waals surface area contributed by atoms with E-state index in [0.717, 1.165) is 21.3 Å². The Kier molecular flexibility index (Phi) is 6.82. The molecule has 152 valence electrons. The third kappa shape index (κ3) is 5.32. The summed E-state index contributed by atoms with van der Waals surface area (Å²) >= 11 is 1.40. The van der Waals surface area contributed by atoms with Crippen LogP contribution >= 0.6 is 11.3 Å². The molecule has 0 saturated heterocycles. The van der Waals surface area contributed by atoms with Crippen molar-refractivity contribution in [1.29, 1.82) is 0 Å². The van der Waals surface area contributed by atoms with Crippen LogP contribution in [0, 0.1) is 13.8 Å². The van der Waals surface area contributed by atoms with Gasteiger partial charge in [0.2, 0.25) is 0 Å². The zero-order chi connectivity index (χ0) is 20.8. The van der Waals surface area contributed by atoms with Crippen molar-refractivity contribution in [3.63, 3.8) is 0 Å². The van der Waals surface area contributed by atoms with Crippen LogP contribution in [0.4, 0.5) is 0 Å². The SMILES string of the molecule is CCOC(=O)Cn1c(=NC(=O)CCOc2ccccc2)sc2c(C)cc(C)cc21. The summed E-state index contributed by atoms with van der Waals surface area (Å²) in [5.41, 5.74) is 3.05. The number of amides is 1. The number of aryl methyl sites for hydroxylation is 2. The van der Waals surface area contributed by atoms with Gasteiger partial charge < -0.3 is 14.0 Å². The molecule has 0 saturated carbocycles. The number of fused-ring (bicyclic) bond motifs is 1. The van der Waals surface area contributed by atoms with Crippen LogP contribution in [0.15, 0.2) is 47.5 Å². The Morgan fingerprint density at radius 3 is 2.62 bits per heavy atom. The van der Waals surface area contributed by atoms with Gasteiger partial charge in [-0.2, -0.15) is 4.99 Å². The zero-order valence-corrected chi connectivity index (χ0v) is 17.6. The minimum atomic E-state index is -0.354. The number of carbonyl (C=O) groups excluding carboxylic acids is 2. The largest absolute Gasteiger partial charge is 0.493 e. The Hall–Kier alpha value is -2.93. The van der Waals surface area contributed by atoms with E-state index in [4.69, 9.17) is 9.47 Å². The summed E-state index contributed by atoms with van der Waals surface area (Å²) in [6, 6.07) is 13.4. The number of carbonyl (C=O) groups is 2. The van der Waals surface area contributed by atoms with Crippen molar-refractivity contribution in [1.82, 2.24) is 4.57 Å². The lowest BCUT2D eigenvalue weighted by Crippen LogP contribution is -2.23. The first-order valence-corrected chi connectivity index (χ1v) is 10.3. The van der Waals surface area contributed by atoms with Crippen LogP contribution in [-0.4, -0.2) is 29.7 Å². The molecule has 0 unspecified atom stereocenters. The van der Waals surface area contributed by atoms with Crippen LogP contribution in [0.3, 0.4) is 0 Å². The molecule has 2 aromatic carbocycles. The highest BCUT2D eigenvalue weighted by molar-refractivity contribution is 7.16. The Balaban J connectivity index is 1.86. The summed E-state index contributed by atoms with van der Waals surface area (Å²) in [7, 11) is 0. The molecule has 0 aliphatic carbocycles. The van der Waals surface area contributed by atoms with E-state index in [9.17, 15) is 9.59 Å². The van der Waals surface area contributed by atoms with E-state index in [1.165, 1.54) is 11.3 Å². The van der Waals surface area contributed by atoms with Crippen LogP contribution in [0.25, 0.3) is 10.2 Å². The van der Waals surface area contributed by atoms with Gasteiger partial charge >= 0.3 is 5.97 Å². The quantitative estimate of drug-likeness (QED) is 0.554. The molecule has 1 heterocycles. The lowest BCUT2D eigenvalue weighted by atomic mass is 10.1. The van der Waals surface area contributed by atoms with Crippen LogP contribution in [0.1, 0.15) is 24.5 Å². The molecule has 0 radical (unpaired) electrons. The second kappa shape index (κ2) is 9.52. The summed E-state index contributed by atoms with van der Waals surface area (Å²) < 4.78 is 13.4. The second-order valence-electron chi connectivity index (χ2n) is 6.62. The van der Waals surface area contributed by atoms with Gasteiger partial charge in [0, 0.05) is 0 Å². The van der Waals surface area contributed by atoms with Gasteiger partial charge in [-0.1, -0.05) is 35.6 Å². The van der Waals surface area contributed by atoms with E-state index in [-0.39, 0.29) is 31.4 Å². The number of aromatic nitrogens is 1. The van der Waals surface area contributed by atoms with Gasteiger partial charge in [-0.15, -0.1) is 0 Å². The highest BCUT2D eigenvalue weighted by Crippen LogP contribution is 2.23. The number of thiazole rings is 1. The number of ether oxygens (including phenoxy) is 2. The number of nitrogens with zero attached hydrogens (tertiary/aromatic N) is 2. The minimum absolute atomic E-state index is 0.0172. The van der Waals surface area contributed by atoms with Gasteiger partial charge in [0.05, 0.1) is 29.9 Å². The molecule has 6 nitrogen and oxygen atoms in total. The molecule has 0 bridgehead atoms. The smallest absolute Gasteiger partial charge is 0.326 e. The summed E-state index contributed by atoms with van der Waals surface area (Å²) in [5.74, 6) is 0.0674. The van der Waals surface area contributed by atoms with Gasteiger partial charge in [-0.05, 0) is 50.1 Å². The maximum absolute atomic E-state index is 12.4. The van der Waals surface area contributed by atoms with Crippen molar-refractivity contribution in [3.05, 3.63) is 58.4 Å².